The average molecular weight is 228 g/mol. The van der Waals surface area contributed by atoms with E-state index in [1.54, 1.807) is 6.92 Å². The predicted octanol–water partition coefficient (Wildman–Crippen LogP) is 0.627. The number of nitrogens with one attached hydrogen (secondary N) is 1. The van der Waals surface area contributed by atoms with Gasteiger partial charge in [0.25, 0.3) is 0 Å². The average Bonchev–Trinajstić information content (AvgIpc) is 2.28. The number of nitrogens with two attached hydrogens (primary N) is 1. The Morgan fingerprint density at radius 2 is 1.94 bits per heavy atom. The summed E-state index contributed by atoms with van der Waals surface area (Å²) in [4.78, 5) is 22.9. The van der Waals surface area contributed by atoms with Gasteiger partial charge in [-0.15, -0.1) is 0 Å². The second kappa shape index (κ2) is 5.30. The highest BCUT2D eigenvalue weighted by Gasteiger charge is 2.41. The molecule has 0 unspecified atom stereocenters. The molecule has 1 atom stereocenters. The lowest BCUT2D eigenvalue weighted by molar-refractivity contribution is -0.149. The number of hydrogen-bond donors (Lipinski definition) is 3. The molecule has 0 spiro atoms. The first-order chi connectivity index (χ1) is 7.52. The summed E-state index contributed by atoms with van der Waals surface area (Å²) < 4.78 is 0. The van der Waals surface area contributed by atoms with Crippen LogP contribution in [0.4, 0.5) is 0 Å². The fourth-order valence-electron chi connectivity index (χ4n) is 2.06. The Labute approximate surface area is 95.4 Å². The zero-order valence-corrected chi connectivity index (χ0v) is 9.66. The maximum absolute atomic E-state index is 11.7. The van der Waals surface area contributed by atoms with Crippen LogP contribution in [0, 0.1) is 0 Å². The van der Waals surface area contributed by atoms with E-state index < -0.39 is 17.6 Å². The van der Waals surface area contributed by atoms with Crippen molar-refractivity contribution in [3.8, 4) is 0 Å². The van der Waals surface area contributed by atoms with Crippen molar-refractivity contribution >= 4 is 11.9 Å². The standard InChI is InChI=1S/C11H20N2O3/c1-2-8(12)9(14)13-11(10(15)16)6-4-3-5-7-11/h8H,2-7,12H2,1H3,(H,13,14)(H,15,16)/t8-/m1/s1. The molecule has 4 N–H and O–H groups in total. The third kappa shape index (κ3) is 2.72. The van der Waals surface area contributed by atoms with E-state index >= 15 is 0 Å². The third-order valence-corrected chi connectivity index (χ3v) is 3.26. The SMILES string of the molecule is CC[C@@H](N)C(=O)NC1(C(=O)O)CCCCC1. The smallest absolute Gasteiger partial charge is 0.329 e. The number of carboxylic acids is 1. The quantitative estimate of drug-likeness (QED) is 0.658. The van der Waals surface area contributed by atoms with Gasteiger partial charge in [0.1, 0.15) is 5.54 Å². The van der Waals surface area contributed by atoms with Gasteiger partial charge in [-0.05, 0) is 19.3 Å². The first-order valence-electron chi connectivity index (χ1n) is 5.83. The molecule has 16 heavy (non-hydrogen) atoms. The Kier molecular flexibility index (Phi) is 4.29. The topological polar surface area (TPSA) is 92.4 Å². The van der Waals surface area contributed by atoms with Gasteiger partial charge in [0, 0.05) is 0 Å². The van der Waals surface area contributed by atoms with Crippen LogP contribution in [0.15, 0.2) is 0 Å². The number of carboxylic acid groups (broad SMARTS) is 1. The Morgan fingerprint density at radius 3 is 2.38 bits per heavy atom. The van der Waals surface area contributed by atoms with Crippen LogP contribution < -0.4 is 11.1 Å². The number of carbonyl (C=O) groups is 2. The summed E-state index contributed by atoms with van der Waals surface area (Å²) in [7, 11) is 0. The summed E-state index contributed by atoms with van der Waals surface area (Å²) in [6.07, 6.45) is 4.24. The Morgan fingerprint density at radius 1 is 1.38 bits per heavy atom. The minimum absolute atomic E-state index is 0.355. The van der Waals surface area contributed by atoms with E-state index in [-0.39, 0.29) is 5.91 Å². The van der Waals surface area contributed by atoms with Gasteiger partial charge in [-0.1, -0.05) is 26.2 Å². The fourth-order valence-corrected chi connectivity index (χ4v) is 2.06. The minimum Gasteiger partial charge on any atom is -0.480 e. The molecule has 0 aromatic rings. The van der Waals surface area contributed by atoms with E-state index in [1.807, 2.05) is 0 Å². The van der Waals surface area contributed by atoms with Crippen LogP contribution in [0.2, 0.25) is 0 Å². The van der Waals surface area contributed by atoms with Crippen LogP contribution in [-0.4, -0.2) is 28.6 Å². The second-order valence-electron chi connectivity index (χ2n) is 4.45. The van der Waals surface area contributed by atoms with Crippen molar-refractivity contribution < 1.29 is 14.7 Å². The van der Waals surface area contributed by atoms with Crippen molar-refractivity contribution in [2.75, 3.05) is 0 Å². The molecule has 0 aromatic heterocycles. The largest absolute Gasteiger partial charge is 0.480 e. The Hall–Kier alpha value is -1.10. The van der Waals surface area contributed by atoms with E-state index in [1.165, 1.54) is 0 Å². The van der Waals surface area contributed by atoms with Gasteiger partial charge >= 0.3 is 5.97 Å². The van der Waals surface area contributed by atoms with E-state index in [9.17, 15) is 14.7 Å². The summed E-state index contributed by atoms with van der Waals surface area (Å²) in [5, 5.41) is 11.9. The lowest BCUT2D eigenvalue weighted by Crippen LogP contribution is -2.58. The number of rotatable bonds is 4. The van der Waals surface area contributed by atoms with Crippen LogP contribution in [-0.2, 0) is 9.59 Å². The molecular weight excluding hydrogens is 208 g/mol. The summed E-state index contributed by atoms with van der Waals surface area (Å²) in [5.41, 5.74) is 4.51. The molecule has 0 saturated heterocycles. The van der Waals surface area contributed by atoms with Crippen molar-refractivity contribution in [3.05, 3.63) is 0 Å². The maximum Gasteiger partial charge on any atom is 0.329 e. The first-order valence-corrected chi connectivity index (χ1v) is 5.83. The van der Waals surface area contributed by atoms with E-state index in [0.29, 0.717) is 19.3 Å². The molecule has 1 fully saturated rings. The minimum atomic E-state index is -1.08. The first kappa shape index (κ1) is 13.0. The monoisotopic (exact) mass is 228 g/mol. The molecular formula is C11H20N2O3. The molecule has 1 saturated carbocycles. The van der Waals surface area contributed by atoms with Crippen molar-refractivity contribution in [1.82, 2.24) is 5.32 Å². The molecule has 92 valence electrons. The molecule has 5 nitrogen and oxygen atoms in total. The van der Waals surface area contributed by atoms with E-state index in [2.05, 4.69) is 5.32 Å². The van der Waals surface area contributed by atoms with Gasteiger partial charge in [-0.2, -0.15) is 0 Å². The fraction of sp³-hybridized carbons (Fsp3) is 0.818. The Balaban J connectivity index is 2.71. The summed E-state index contributed by atoms with van der Waals surface area (Å²) in [5.74, 6) is -1.30. The molecule has 0 heterocycles. The van der Waals surface area contributed by atoms with Crippen molar-refractivity contribution in [3.63, 3.8) is 0 Å². The number of hydrogen-bond acceptors (Lipinski definition) is 3. The molecule has 0 bridgehead atoms. The maximum atomic E-state index is 11.7. The Bertz CT molecular complexity index is 272. The summed E-state index contributed by atoms with van der Waals surface area (Å²) in [6, 6.07) is -0.613. The van der Waals surface area contributed by atoms with Crippen molar-refractivity contribution in [2.45, 2.75) is 57.0 Å². The van der Waals surface area contributed by atoms with Gasteiger partial charge in [0.2, 0.25) is 5.91 Å². The summed E-state index contributed by atoms with van der Waals surface area (Å²) in [6.45, 7) is 1.80. The molecule has 1 aliphatic carbocycles. The molecule has 5 heteroatoms. The van der Waals surface area contributed by atoms with Gasteiger partial charge in [-0.3, -0.25) is 4.79 Å². The highest BCUT2D eigenvalue weighted by atomic mass is 16.4. The lowest BCUT2D eigenvalue weighted by Gasteiger charge is -2.34. The molecule has 0 aromatic carbocycles. The van der Waals surface area contributed by atoms with Gasteiger partial charge in [-0.25, -0.2) is 4.79 Å². The van der Waals surface area contributed by atoms with Crippen LogP contribution >= 0.6 is 0 Å². The lowest BCUT2D eigenvalue weighted by atomic mass is 9.81. The van der Waals surface area contributed by atoms with Crippen LogP contribution in [0.1, 0.15) is 45.4 Å². The van der Waals surface area contributed by atoms with E-state index in [4.69, 9.17) is 5.73 Å². The van der Waals surface area contributed by atoms with Crippen LogP contribution in [0.5, 0.6) is 0 Å². The zero-order valence-electron chi connectivity index (χ0n) is 9.66. The normalized spacial score (nSPS) is 21.1. The molecule has 1 aliphatic rings. The second-order valence-corrected chi connectivity index (χ2v) is 4.45. The molecule has 1 rings (SSSR count). The number of carbonyl (C=O) groups excluding carboxylic acids is 1. The summed E-state index contributed by atoms with van der Waals surface area (Å²) >= 11 is 0. The van der Waals surface area contributed by atoms with Crippen LogP contribution in [0.3, 0.4) is 0 Å². The molecule has 1 amide bonds. The van der Waals surface area contributed by atoms with Crippen molar-refractivity contribution in [2.24, 2.45) is 5.73 Å². The number of amides is 1. The van der Waals surface area contributed by atoms with Gasteiger partial charge in [0.05, 0.1) is 6.04 Å². The molecule has 0 radical (unpaired) electrons. The highest BCUT2D eigenvalue weighted by Crippen LogP contribution is 2.28. The van der Waals surface area contributed by atoms with E-state index in [0.717, 1.165) is 19.3 Å². The van der Waals surface area contributed by atoms with Gasteiger partial charge < -0.3 is 16.2 Å². The molecule has 0 aliphatic heterocycles. The highest BCUT2D eigenvalue weighted by molar-refractivity contribution is 5.89. The van der Waals surface area contributed by atoms with Crippen molar-refractivity contribution in [1.29, 1.82) is 0 Å². The third-order valence-electron chi connectivity index (χ3n) is 3.26. The van der Waals surface area contributed by atoms with Crippen LogP contribution in [0.25, 0.3) is 0 Å². The zero-order chi connectivity index (χ0) is 12.2. The predicted molar refractivity (Wildman–Crippen MR) is 59.9 cm³/mol. The van der Waals surface area contributed by atoms with Gasteiger partial charge in [0.15, 0.2) is 0 Å². The number of aliphatic carboxylic acids is 1.